The minimum absolute atomic E-state index is 0.0861. The van der Waals surface area contributed by atoms with Gasteiger partial charge in [0.15, 0.2) is 0 Å². The number of ether oxygens (including phenoxy) is 1. The second-order valence-corrected chi connectivity index (χ2v) is 6.18. The van der Waals surface area contributed by atoms with Crippen molar-refractivity contribution in [2.45, 2.75) is 45.6 Å². The normalized spacial score (nSPS) is 12.4. The maximum absolute atomic E-state index is 11.1. The van der Waals surface area contributed by atoms with Crippen LogP contribution >= 0.6 is 22.9 Å². The number of hydrogen-bond donors (Lipinski definition) is 1. The second-order valence-electron chi connectivity index (χ2n) is 4.43. The van der Waals surface area contributed by atoms with Gasteiger partial charge in [0.25, 0.3) is 0 Å². The van der Waals surface area contributed by atoms with E-state index in [4.69, 9.17) is 16.3 Å². The third-order valence-electron chi connectivity index (χ3n) is 2.83. The van der Waals surface area contributed by atoms with Crippen LogP contribution in [0.25, 0.3) is 0 Å². The molecule has 1 heterocycles. The van der Waals surface area contributed by atoms with Crippen molar-refractivity contribution in [1.29, 1.82) is 0 Å². The van der Waals surface area contributed by atoms with Crippen molar-refractivity contribution in [3.8, 4) is 0 Å². The summed E-state index contributed by atoms with van der Waals surface area (Å²) in [4.78, 5) is 12.4. The molecule has 0 aliphatic heterocycles. The van der Waals surface area contributed by atoms with E-state index in [-0.39, 0.29) is 5.97 Å². The average Bonchev–Trinajstić information content (AvgIpc) is 2.80. The fourth-order valence-corrected chi connectivity index (χ4v) is 2.87. The average molecular weight is 304 g/mol. The van der Waals surface area contributed by atoms with E-state index in [2.05, 4.69) is 18.3 Å². The zero-order valence-electron chi connectivity index (χ0n) is 11.6. The van der Waals surface area contributed by atoms with E-state index < -0.39 is 0 Å². The lowest BCUT2D eigenvalue weighted by Gasteiger charge is -2.11. The molecule has 0 aliphatic carbocycles. The summed E-state index contributed by atoms with van der Waals surface area (Å²) < 4.78 is 5.71. The van der Waals surface area contributed by atoms with E-state index in [9.17, 15) is 4.79 Å². The highest BCUT2D eigenvalue weighted by Gasteiger charge is 2.07. The molecule has 0 fully saturated rings. The van der Waals surface area contributed by atoms with E-state index in [1.165, 1.54) is 4.88 Å². The number of halogens is 1. The molecule has 19 heavy (non-hydrogen) atoms. The standard InChI is InChI=1S/C14H22ClNO2S/c1-3-18-14(17)7-5-4-6-10-16-11(2)12-8-9-13(15)19-12/h8-9,11,16H,3-7,10H2,1-2H3. The zero-order chi connectivity index (χ0) is 14.1. The summed E-state index contributed by atoms with van der Waals surface area (Å²) >= 11 is 7.52. The van der Waals surface area contributed by atoms with Gasteiger partial charge < -0.3 is 10.1 Å². The molecular formula is C14H22ClNO2S. The van der Waals surface area contributed by atoms with Crippen LogP contribution < -0.4 is 5.32 Å². The van der Waals surface area contributed by atoms with Crippen molar-refractivity contribution in [2.75, 3.05) is 13.2 Å². The first-order chi connectivity index (χ1) is 9.13. The predicted octanol–water partition coefficient (Wildman–Crippen LogP) is 4.18. The van der Waals surface area contributed by atoms with Crippen molar-refractivity contribution >= 4 is 28.9 Å². The molecule has 0 spiro atoms. The number of hydrogen-bond acceptors (Lipinski definition) is 4. The minimum Gasteiger partial charge on any atom is -0.466 e. The van der Waals surface area contributed by atoms with Crippen LogP contribution in [0, 0.1) is 0 Å². The van der Waals surface area contributed by atoms with Gasteiger partial charge in [-0.3, -0.25) is 4.79 Å². The Bertz CT molecular complexity index is 381. The Balaban J connectivity index is 2.03. The molecule has 0 aromatic carbocycles. The van der Waals surface area contributed by atoms with E-state index >= 15 is 0 Å². The first kappa shape index (κ1) is 16.5. The monoisotopic (exact) mass is 303 g/mol. The summed E-state index contributed by atoms with van der Waals surface area (Å²) in [7, 11) is 0. The molecule has 1 aromatic heterocycles. The smallest absolute Gasteiger partial charge is 0.305 e. The molecule has 1 N–H and O–H groups in total. The summed E-state index contributed by atoms with van der Waals surface area (Å²) in [5.41, 5.74) is 0. The molecule has 0 radical (unpaired) electrons. The third kappa shape index (κ3) is 6.95. The van der Waals surface area contributed by atoms with Crippen molar-refractivity contribution in [3.63, 3.8) is 0 Å². The van der Waals surface area contributed by atoms with Crippen LogP contribution in [0.3, 0.4) is 0 Å². The van der Waals surface area contributed by atoms with Crippen molar-refractivity contribution < 1.29 is 9.53 Å². The molecule has 3 nitrogen and oxygen atoms in total. The van der Waals surface area contributed by atoms with Crippen LogP contribution in [-0.2, 0) is 9.53 Å². The van der Waals surface area contributed by atoms with E-state index in [0.29, 0.717) is 19.1 Å². The SMILES string of the molecule is CCOC(=O)CCCCCNC(C)c1ccc(Cl)s1. The quantitative estimate of drug-likeness (QED) is 0.549. The number of nitrogens with one attached hydrogen (secondary N) is 1. The van der Waals surface area contributed by atoms with Gasteiger partial charge >= 0.3 is 5.97 Å². The van der Waals surface area contributed by atoms with Crippen LogP contribution in [0.15, 0.2) is 12.1 Å². The van der Waals surface area contributed by atoms with E-state index in [1.807, 2.05) is 13.0 Å². The Morgan fingerprint density at radius 1 is 1.42 bits per heavy atom. The van der Waals surface area contributed by atoms with Gasteiger partial charge in [0.2, 0.25) is 0 Å². The molecule has 1 unspecified atom stereocenters. The Kier molecular flexibility index (Phi) is 8.10. The van der Waals surface area contributed by atoms with Gasteiger partial charge in [-0.1, -0.05) is 18.0 Å². The molecule has 108 valence electrons. The van der Waals surface area contributed by atoms with Crippen LogP contribution in [0.2, 0.25) is 4.34 Å². The Morgan fingerprint density at radius 2 is 2.21 bits per heavy atom. The van der Waals surface area contributed by atoms with Gasteiger partial charge in [0.1, 0.15) is 0 Å². The van der Waals surface area contributed by atoms with Crippen LogP contribution in [0.1, 0.15) is 50.4 Å². The lowest BCUT2D eigenvalue weighted by molar-refractivity contribution is -0.143. The number of carbonyl (C=O) groups excluding carboxylic acids is 1. The summed E-state index contributed by atoms with van der Waals surface area (Å²) in [5.74, 6) is -0.0861. The highest BCUT2D eigenvalue weighted by Crippen LogP contribution is 2.26. The molecular weight excluding hydrogens is 282 g/mol. The van der Waals surface area contributed by atoms with Gasteiger partial charge in [0, 0.05) is 17.3 Å². The minimum atomic E-state index is -0.0861. The van der Waals surface area contributed by atoms with Gasteiger partial charge in [-0.05, 0) is 45.4 Å². The first-order valence-corrected chi connectivity index (χ1v) is 7.97. The number of unbranched alkanes of at least 4 members (excludes halogenated alkanes) is 2. The van der Waals surface area contributed by atoms with Gasteiger partial charge in [-0.2, -0.15) is 0 Å². The molecule has 0 saturated carbocycles. The highest BCUT2D eigenvalue weighted by atomic mass is 35.5. The molecule has 0 aliphatic rings. The molecule has 1 atom stereocenters. The summed E-state index contributed by atoms with van der Waals surface area (Å²) in [5, 5.41) is 3.46. The molecule has 0 saturated heterocycles. The summed E-state index contributed by atoms with van der Waals surface area (Å²) in [6, 6.07) is 4.33. The number of rotatable bonds is 9. The first-order valence-electron chi connectivity index (χ1n) is 6.77. The maximum atomic E-state index is 11.1. The number of carbonyl (C=O) groups is 1. The molecule has 0 bridgehead atoms. The van der Waals surface area contributed by atoms with Gasteiger partial charge in [0.05, 0.1) is 10.9 Å². The topological polar surface area (TPSA) is 38.3 Å². The maximum Gasteiger partial charge on any atom is 0.305 e. The van der Waals surface area contributed by atoms with Crippen molar-refractivity contribution in [3.05, 3.63) is 21.3 Å². The fourth-order valence-electron chi connectivity index (χ4n) is 1.78. The number of thiophene rings is 1. The summed E-state index contributed by atoms with van der Waals surface area (Å²) in [6.07, 6.45) is 3.55. The molecule has 1 rings (SSSR count). The van der Waals surface area contributed by atoms with E-state index in [0.717, 1.165) is 30.1 Å². The van der Waals surface area contributed by atoms with Crippen LogP contribution in [0.5, 0.6) is 0 Å². The lowest BCUT2D eigenvalue weighted by Crippen LogP contribution is -2.19. The van der Waals surface area contributed by atoms with E-state index in [1.54, 1.807) is 11.3 Å². The Labute approximate surface area is 124 Å². The van der Waals surface area contributed by atoms with Crippen LogP contribution in [0.4, 0.5) is 0 Å². The van der Waals surface area contributed by atoms with Crippen molar-refractivity contribution in [1.82, 2.24) is 5.32 Å². The lowest BCUT2D eigenvalue weighted by atomic mass is 10.2. The second kappa shape index (κ2) is 9.34. The number of esters is 1. The summed E-state index contributed by atoms with van der Waals surface area (Å²) in [6.45, 7) is 5.40. The highest BCUT2D eigenvalue weighted by molar-refractivity contribution is 7.16. The Morgan fingerprint density at radius 3 is 2.84 bits per heavy atom. The zero-order valence-corrected chi connectivity index (χ0v) is 13.1. The van der Waals surface area contributed by atoms with Gasteiger partial charge in [-0.25, -0.2) is 0 Å². The molecule has 5 heteroatoms. The van der Waals surface area contributed by atoms with Crippen LogP contribution in [-0.4, -0.2) is 19.1 Å². The fraction of sp³-hybridized carbons (Fsp3) is 0.643. The third-order valence-corrected chi connectivity index (χ3v) is 4.25. The largest absolute Gasteiger partial charge is 0.466 e. The predicted molar refractivity (Wildman–Crippen MR) is 80.8 cm³/mol. The molecule has 1 aromatic rings. The Hall–Kier alpha value is -0.580. The van der Waals surface area contributed by atoms with Gasteiger partial charge in [-0.15, -0.1) is 11.3 Å². The molecule has 0 amide bonds. The van der Waals surface area contributed by atoms with Crippen molar-refractivity contribution in [2.24, 2.45) is 0 Å².